The lowest BCUT2D eigenvalue weighted by Gasteiger charge is -2.24. The van der Waals surface area contributed by atoms with E-state index in [-0.39, 0.29) is 30.4 Å². The predicted octanol–water partition coefficient (Wildman–Crippen LogP) is 4.53. The second kappa shape index (κ2) is 10.5. The number of carbonyl (C=O) groups is 2. The molecule has 10 heteroatoms. The minimum atomic E-state index is -0.577. The first-order valence-electron chi connectivity index (χ1n) is 11.0. The molecule has 4 rings (SSSR count). The summed E-state index contributed by atoms with van der Waals surface area (Å²) < 4.78 is 18.4. The van der Waals surface area contributed by atoms with E-state index in [1.54, 1.807) is 36.1 Å². The third-order valence-electron chi connectivity index (χ3n) is 5.57. The van der Waals surface area contributed by atoms with Crippen molar-refractivity contribution in [2.45, 2.75) is 19.8 Å². The highest BCUT2D eigenvalue weighted by molar-refractivity contribution is 6.42. The largest absolute Gasteiger partial charge is 0.461 e. The maximum absolute atomic E-state index is 13.2. The molecule has 0 saturated carbocycles. The van der Waals surface area contributed by atoms with E-state index < -0.39 is 5.97 Å². The van der Waals surface area contributed by atoms with Crippen LogP contribution in [0.4, 0.5) is 10.2 Å². The molecule has 1 fully saturated rings. The first kappa shape index (κ1) is 24.2. The van der Waals surface area contributed by atoms with Crippen molar-refractivity contribution in [3.05, 3.63) is 63.5 Å². The fourth-order valence-electron chi connectivity index (χ4n) is 3.87. The van der Waals surface area contributed by atoms with Gasteiger partial charge in [0.25, 0.3) is 0 Å². The molecule has 7 nitrogen and oxygen atoms in total. The number of esters is 1. The highest BCUT2D eigenvalue weighted by Crippen LogP contribution is 2.29. The van der Waals surface area contributed by atoms with Gasteiger partial charge in [0.15, 0.2) is 11.5 Å². The van der Waals surface area contributed by atoms with Crippen molar-refractivity contribution in [3.63, 3.8) is 0 Å². The van der Waals surface area contributed by atoms with Crippen LogP contribution in [0.15, 0.2) is 36.4 Å². The minimum Gasteiger partial charge on any atom is -0.461 e. The fourth-order valence-corrected chi connectivity index (χ4v) is 4.18. The van der Waals surface area contributed by atoms with Crippen LogP contribution in [0.5, 0.6) is 0 Å². The van der Waals surface area contributed by atoms with Crippen molar-refractivity contribution in [2.24, 2.45) is 0 Å². The summed E-state index contributed by atoms with van der Waals surface area (Å²) in [6, 6.07) is 9.11. The summed E-state index contributed by atoms with van der Waals surface area (Å²) in [6.07, 6.45) is 0.877. The number of amides is 1. The highest BCUT2D eigenvalue weighted by Gasteiger charge is 2.26. The lowest BCUT2D eigenvalue weighted by molar-refractivity contribution is -0.130. The molecule has 0 N–H and O–H groups in total. The van der Waals surface area contributed by atoms with E-state index in [4.69, 9.17) is 27.9 Å². The second-order valence-corrected chi connectivity index (χ2v) is 8.71. The van der Waals surface area contributed by atoms with Gasteiger partial charge in [-0.15, -0.1) is 0 Å². The summed E-state index contributed by atoms with van der Waals surface area (Å²) in [4.78, 5) is 38.4. The minimum absolute atomic E-state index is 0.0370. The molecule has 2 heterocycles. The summed E-state index contributed by atoms with van der Waals surface area (Å²) >= 11 is 12.3. The number of anilines is 1. The van der Waals surface area contributed by atoms with Crippen LogP contribution < -0.4 is 4.90 Å². The number of ether oxygens (including phenoxy) is 1. The summed E-state index contributed by atoms with van der Waals surface area (Å²) in [6.45, 7) is 3.97. The van der Waals surface area contributed by atoms with Gasteiger partial charge in [0.05, 0.1) is 34.1 Å². The van der Waals surface area contributed by atoms with Crippen molar-refractivity contribution < 1.29 is 18.7 Å². The van der Waals surface area contributed by atoms with Crippen molar-refractivity contribution in [1.29, 1.82) is 0 Å². The van der Waals surface area contributed by atoms with E-state index in [1.807, 2.05) is 4.90 Å². The molecule has 0 bridgehead atoms. The average molecular weight is 505 g/mol. The average Bonchev–Trinajstić information content (AvgIpc) is 3.07. The van der Waals surface area contributed by atoms with Gasteiger partial charge in [-0.25, -0.2) is 19.2 Å². The number of benzene rings is 2. The molecule has 1 aliphatic heterocycles. The Kier molecular flexibility index (Phi) is 7.48. The molecule has 0 unspecified atom stereocenters. The lowest BCUT2D eigenvalue weighted by atomic mass is 10.1. The topological polar surface area (TPSA) is 75.6 Å². The molecule has 178 valence electrons. The van der Waals surface area contributed by atoms with Crippen molar-refractivity contribution in [1.82, 2.24) is 14.9 Å². The van der Waals surface area contributed by atoms with Crippen LogP contribution in [0.25, 0.3) is 11.0 Å². The Morgan fingerprint density at radius 2 is 1.68 bits per heavy atom. The number of fused-ring (bicyclic) bond motifs is 1. The zero-order valence-corrected chi connectivity index (χ0v) is 20.1. The van der Waals surface area contributed by atoms with Crippen molar-refractivity contribution in [2.75, 3.05) is 37.7 Å². The van der Waals surface area contributed by atoms with Gasteiger partial charge in [-0.3, -0.25) is 4.79 Å². The van der Waals surface area contributed by atoms with Crippen molar-refractivity contribution >= 4 is 51.9 Å². The SMILES string of the molecule is CCOC(=O)c1nc2cc(Cl)c(Cl)cc2nc1N1CCCN(C(=O)Cc2ccc(F)cc2)CC1. The van der Waals surface area contributed by atoms with Crippen LogP contribution in [0.2, 0.25) is 10.0 Å². The number of carbonyl (C=O) groups excluding carboxylic acids is 2. The Labute approximate surface area is 206 Å². The maximum atomic E-state index is 13.2. The predicted molar refractivity (Wildman–Crippen MR) is 129 cm³/mol. The standard InChI is InChI=1S/C24H23Cl2FN4O3/c1-2-34-24(33)22-23(29-20-14-18(26)17(25)13-19(20)28-22)31-9-3-8-30(10-11-31)21(32)12-15-4-6-16(27)7-5-15/h4-7,13-14H,2-3,8-12H2,1H3. The molecular weight excluding hydrogens is 482 g/mol. The first-order valence-corrected chi connectivity index (χ1v) is 11.7. The van der Waals surface area contributed by atoms with E-state index in [0.717, 1.165) is 5.56 Å². The first-order chi connectivity index (χ1) is 16.4. The second-order valence-electron chi connectivity index (χ2n) is 7.90. The Hall–Kier alpha value is -2.97. The van der Waals surface area contributed by atoms with Crippen LogP contribution in [0.3, 0.4) is 0 Å². The van der Waals surface area contributed by atoms with Crippen LogP contribution in [-0.2, 0) is 16.0 Å². The van der Waals surface area contributed by atoms with Gasteiger partial charge in [0.2, 0.25) is 5.91 Å². The van der Waals surface area contributed by atoms with Crippen LogP contribution in [0, 0.1) is 5.82 Å². The van der Waals surface area contributed by atoms with Crippen LogP contribution in [0.1, 0.15) is 29.4 Å². The van der Waals surface area contributed by atoms with Gasteiger partial charge in [-0.2, -0.15) is 0 Å². The van der Waals surface area contributed by atoms with E-state index in [9.17, 15) is 14.0 Å². The van der Waals surface area contributed by atoms with E-state index in [0.29, 0.717) is 59.5 Å². The van der Waals surface area contributed by atoms with E-state index in [1.165, 1.54) is 12.1 Å². The number of rotatable bonds is 5. The zero-order chi connectivity index (χ0) is 24.2. The van der Waals surface area contributed by atoms with Gasteiger partial charge in [0, 0.05) is 26.2 Å². The molecular formula is C24H23Cl2FN4O3. The quantitative estimate of drug-likeness (QED) is 0.475. The van der Waals surface area contributed by atoms with Crippen LogP contribution in [-0.4, -0.2) is 59.5 Å². The molecule has 1 saturated heterocycles. The third kappa shape index (κ3) is 5.39. The van der Waals surface area contributed by atoms with Gasteiger partial charge in [-0.1, -0.05) is 35.3 Å². The molecule has 1 aromatic heterocycles. The van der Waals surface area contributed by atoms with Crippen molar-refractivity contribution in [3.8, 4) is 0 Å². The smallest absolute Gasteiger partial charge is 0.360 e. The molecule has 0 radical (unpaired) electrons. The Bertz CT molecular complexity index is 1220. The molecule has 3 aromatic rings. The fraction of sp³-hybridized carbons (Fsp3) is 0.333. The molecule has 2 aromatic carbocycles. The molecule has 0 atom stereocenters. The van der Waals surface area contributed by atoms with Gasteiger partial charge >= 0.3 is 5.97 Å². The lowest BCUT2D eigenvalue weighted by Crippen LogP contribution is -2.36. The number of halogens is 3. The van der Waals surface area contributed by atoms with E-state index >= 15 is 0 Å². The van der Waals surface area contributed by atoms with Gasteiger partial charge in [0.1, 0.15) is 5.82 Å². The summed E-state index contributed by atoms with van der Waals surface area (Å²) in [5.41, 5.74) is 1.80. The number of aromatic nitrogens is 2. The Morgan fingerprint density at radius 1 is 1.00 bits per heavy atom. The molecule has 0 aliphatic carbocycles. The third-order valence-corrected chi connectivity index (χ3v) is 6.30. The maximum Gasteiger partial charge on any atom is 0.360 e. The summed E-state index contributed by atoms with van der Waals surface area (Å²) in [7, 11) is 0. The van der Waals surface area contributed by atoms with E-state index in [2.05, 4.69) is 9.97 Å². The molecule has 1 amide bonds. The summed E-state index contributed by atoms with van der Waals surface area (Å²) in [5.74, 6) is -0.562. The number of hydrogen-bond donors (Lipinski definition) is 0. The normalized spacial score (nSPS) is 14.2. The number of nitrogens with zero attached hydrogens (tertiary/aromatic N) is 4. The summed E-state index contributed by atoms with van der Waals surface area (Å²) in [5, 5.41) is 0.655. The number of hydrogen-bond acceptors (Lipinski definition) is 6. The molecule has 0 spiro atoms. The monoisotopic (exact) mass is 504 g/mol. The molecule has 1 aliphatic rings. The highest BCUT2D eigenvalue weighted by atomic mass is 35.5. The van der Waals surface area contributed by atoms with Crippen LogP contribution >= 0.6 is 23.2 Å². The van der Waals surface area contributed by atoms with Gasteiger partial charge < -0.3 is 14.5 Å². The Balaban J connectivity index is 1.57. The Morgan fingerprint density at radius 3 is 2.35 bits per heavy atom. The molecule has 34 heavy (non-hydrogen) atoms. The zero-order valence-electron chi connectivity index (χ0n) is 18.6. The van der Waals surface area contributed by atoms with Gasteiger partial charge in [-0.05, 0) is 43.2 Å².